The molecule has 1 aliphatic rings. The number of fused-ring (bicyclic) bond motifs is 1. The number of nitrogens with zero attached hydrogens (tertiary/aromatic N) is 1. The van der Waals surface area contributed by atoms with Gasteiger partial charge in [0.05, 0.1) is 0 Å². The standard InChI is InChI=1S/C24H27N3O4S/c1-3-4-14-25-24(31)22(29)18(15-16-10-6-5-7-11-16)26-23(30)20-21(28)17-12-8-9-13-19(17)32-27(20)2/h5-13,18,28H,3-4,14-15H2,1-2H3,(H,25,31)(H,26,30)/t18-/m0/s1. The summed E-state index contributed by atoms with van der Waals surface area (Å²) >= 11 is 1.30. The number of aliphatic hydroxyl groups excluding tert-OH is 1. The van der Waals surface area contributed by atoms with E-state index in [1.807, 2.05) is 49.4 Å². The van der Waals surface area contributed by atoms with Gasteiger partial charge in [-0.25, -0.2) is 0 Å². The van der Waals surface area contributed by atoms with Crippen LogP contribution in [0.15, 0.2) is 65.2 Å². The highest BCUT2D eigenvalue weighted by Crippen LogP contribution is 2.38. The first-order chi connectivity index (χ1) is 15.4. The summed E-state index contributed by atoms with van der Waals surface area (Å²) in [5.74, 6) is -2.24. The summed E-state index contributed by atoms with van der Waals surface area (Å²) in [6, 6.07) is 15.3. The Bertz CT molecular complexity index is 1020. The first-order valence-corrected chi connectivity index (χ1v) is 11.3. The van der Waals surface area contributed by atoms with E-state index in [9.17, 15) is 19.5 Å². The summed E-state index contributed by atoms with van der Waals surface area (Å²) in [6.07, 6.45) is 1.81. The minimum absolute atomic E-state index is 0.0333. The van der Waals surface area contributed by atoms with Crippen molar-refractivity contribution in [2.75, 3.05) is 13.6 Å². The number of aliphatic hydroxyl groups is 1. The van der Waals surface area contributed by atoms with E-state index in [0.29, 0.717) is 12.1 Å². The van der Waals surface area contributed by atoms with Gasteiger partial charge in [-0.3, -0.25) is 14.4 Å². The molecular formula is C24H27N3O4S. The number of hydrogen-bond donors (Lipinski definition) is 3. The third kappa shape index (κ3) is 5.50. The van der Waals surface area contributed by atoms with Gasteiger partial charge in [0.15, 0.2) is 11.5 Å². The summed E-state index contributed by atoms with van der Waals surface area (Å²) in [7, 11) is 1.66. The lowest BCUT2D eigenvalue weighted by Gasteiger charge is -2.28. The SMILES string of the molecule is CCCCNC(=O)C(=O)[C@H](Cc1ccccc1)NC(=O)C1=C(O)c2ccccc2SN1C. The minimum Gasteiger partial charge on any atom is -0.505 e. The highest BCUT2D eigenvalue weighted by atomic mass is 32.2. The van der Waals surface area contributed by atoms with Crippen molar-refractivity contribution < 1.29 is 19.5 Å². The second-order valence-corrected chi connectivity index (χ2v) is 8.64. The van der Waals surface area contributed by atoms with Crippen LogP contribution < -0.4 is 10.6 Å². The van der Waals surface area contributed by atoms with Gasteiger partial charge in [-0.2, -0.15) is 0 Å². The molecule has 0 radical (unpaired) electrons. The zero-order valence-electron chi connectivity index (χ0n) is 18.1. The van der Waals surface area contributed by atoms with Crippen LogP contribution in [0.4, 0.5) is 0 Å². The number of carbonyl (C=O) groups excluding carboxylic acids is 3. The van der Waals surface area contributed by atoms with Crippen LogP contribution in [0.3, 0.4) is 0 Å². The maximum Gasteiger partial charge on any atom is 0.289 e. The molecule has 168 valence electrons. The Kier molecular flexibility index (Phi) is 7.94. The maximum absolute atomic E-state index is 13.1. The van der Waals surface area contributed by atoms with Crippen molar-refractivity contribution in [2.24, 2.45) is 0 Å². The van der Waals surface area contributed by atoms with Gasteiger partial charge in [-0.15, -0.1) is 0 Å². The van der Waals surface area contributed by atoms with Gasteiger partial charge in [0, 0.05) is 30.5 Å². The Morgan fingerprint density at radius 1 is 1.06 bits per heavy atom. The van der Waals surface area contributed by atoms with Gasteiger partial charge in [-0.1, -0.05) is 55.8 Å². The van der Waals surface area contributed by atoms with Crippen LogP contribution in [-0.2, 0) is 20.8 Å². The quantitative estimate of drug-likeness (QED) is 0.307. The summed E-state index contributed by atoms with van der Waals surface area (Å²) in [5, 5.41) is 16.0. The molecule has 8 heteroatoms. The second kappa shape index (κ2) is 10.9. The number of rotatable bonds is 9. The largest absolute Gasteiger partial charge is 0.505 e. The number of carbonyl (C=O) groups is 3. The van der Waals surface area contributed by atoms with Gasteiger partial charge >= 0.3 is 0 Å². The third-order valence-corrected chi connectivity index (χ3v) is 6.09. The Morgan fingerprint density at radius 2 is 1.75 bits per heavy atom. The highest BCUT2D eigenvalue weighted by molar-refractivity contribution is 7.97. The minimum atomic E-state index is -1.07. The number of unbranched alkanes of at least 4 members (excludes halogenated alkanes) is 1. The van der Waals surface area contributed by atoms with Crippen molar-refractivity contribution >= 4 is 35.3 Å². The van der Waals surface area contributed by atoms with E-state index in [0.717, 1.165) is 23.3 Å². The van der Waals surface area contributed by atoms with Crippen LogP contribution in [0.5, 0.6) is 0 Å². The van der Waals surface area contributed by atoms with Gasteiger partial charge in [0.2, 0.25) is 5.78 Å². The molecule has 0 saturated carbocycles. The van der Waals surface area contributed by atoms with Gasteiger partial charge < -0.3 is 20.0 Å². The Morgan fingerprint density at radius 3 is 2.47 bits per heavy atom. The smallest absolute Gasteiger partial charge is 0.289 e. The molecule has 0 unspecified atom stereocenters. The normalized spacial score (nSPS) is 13.9. The molecule has 0 aliphatic carbocycles. The fourth-order valence-corrected chi connectivity index (χ4v) is 4.33. The monoisotopic (exact) mass is 453 g/mol. The molecule has 1 atom stereocenters. The van der Waals surface area contributed by atoms with E-state index >= 15 is 0 Å². The lowest BCUT2D eigenvalue weighted by Crippen LogP contribution is -2.50. The van der Waals surface area contributed by atoms with Crippen LogP contribution in [0.25, 0.3) is 5.76 Å². The molecule has 2 aromatic carbocycles. The number of Topliss-reactive ketones (excluding diaryl/α,β-unsaturated/α-hetero) is 1. The maximum atomic E-state index is 13.1. The van der Waals surface area contributed by atoms with Crippen LogP contribution in [0.2, 0.25) is 0 Å². The molecule has 0 spiro atoms. The average Bonchev–Trinajstić information content (AvgIpc) is 2.79. The van der Waals surface area contributed by atoms with Crippen LogP contribution in [-0.4, -0.2) is 46.6 Å². The van der Waals surface area contributed by atoms with Gasteiger partial charge in [0.25, 0.3) is 11.8 Å². The lowest BCUT2D eigenvalue weighted by atomic mass is 10.0. The summed E-state index contributed by atoms with van der Waals surface area (Å²) in [6.45, 7) is 2.39. The Balaban J connectivity index is 1.84. The highest BCUT2D eigenvalue weighted by Gasteiger charge is 2.33. The lowest BCUT2D eigenvalue weighted by molar-refractivity contribution is -0.139. The van der Waals surface area contributed by atoms with Crippen molar-refractivity contribution in [1.29, 1.82) is 0 Å². The molecule has 1 heterocycles. The summed E-state index contributed by atoms with van der Waals surface area (Å²) in [5.41, 5.74) is 1.39. The molecule has 0 bridgehead atoms. The molecule has 0 saturated heterocycles. The van der Waals surface area contributed by atoms with E-state index in [1.54, 1.807) is 23.5 Å². The molecule has 32 heavy (non-hydrogen) atoms. The number of hydrogen-bond acceptors (Lipinski definition) is 6. The van der Waals surface area contributed by atoms with Gasteiger partial charge in [-0.05, 0) is 36.1 Å². The first kappa shape index (κ1) is 23.4. The fraction of sp³-hybridized carbons (Fsp3) is 0.292. The molecule has 2 aromatic rings. The zero-order valence-corrected chi connectivity index (χ0v) is 18.9. The summed E-state index contributed by atoms with van der Waals surface area (Å²) < 4.78 is 1.55. The molecule has 3 rings (SSSR count). The number of amides is 2. The van der Waals surface area contributed by atoms with E-state index in [-0.39, 0.29) is 17.9 Å². The molecular weight excluding hydrogens is 426 g/mol. The van der Waals surface area contributed by atoms with Gasteiger partial charge in [0.1, 0.15) is 6.04 Å². The van der Waals surface area contributed by atoms with E-state index in [2.05, 4.69) is 10.6 Å². The van der Waals surface area contributed by atoms with Crippen molar-refractivity contribution in [2.45, 2.75) is 37.1 Å². The van der Waals surface area contributed by atoms with Crippen molar-refractivity contribution in [3.05, 3.63) is 71.4 Å². The van der Waals surface area contributed by atoms with Crippen LogP contribution >= 0.6 is 11.9 Å². The summed E-state index contributed by atoms with van der Waals surface area (Å²) in [4.78, 5) is 39.3. The number of benzene rings is 2. The number of ketones is 1. The van der Waals surface area contributed by atoms with E-state index in [4.69, 9.17) is 0 Å². The van der Waals surface area contributed by atoms with Crippen LogP contribution in [0, 0.1) is 0 Å². The number of likely N-dealkylation sites (N-methyl/N-ethyl adjacent to an activating group) is 1. The first-order valence-electron chi connectivity index (χ1n) is 10.5. The van der Waals surface area contributed by atoms with E-state index < -0.39 is 23.6 Å². The van der Waals surface area contributed by atoms with Crippen molar-refractivity contribution in [1.82, 2.24) is 14.9 Å². The molecule has 3 N–H and O–H groups in total. The third-order valence-electron chi connectivity index (χ3n) is 5.08. The molecule has 1 aliphatic heterocycles. The topological polar surface area (TPSA) is 98.7 Å². The Hall–Kier alpha value is -3.26. The van der Waals surface area contributed by atoms with Crippen LogP contribution in [0.1, 0.15) is 30.9 Å². The zero-order chi connectivity index (χ0) is 23.1. The molecule has 2 amide bonds. The predicted molar refractivity (Wildman–Crippen MR) is 125 cm³/mol. The van der Waals surface area contributed by atoms with Crippen molar-refractivity contribution in [3.63, 3.8) is 0 Å². The van der Waals surface area contributed by atoms with Crippen molar-refractivity contribution in [3.8, 4) is 0 Å². The molecule has 0 aromatic heterocycles. The fourth-order valence-electron chi connectivity index (χ4n) is 3.37. The molecule has 0 fully saturated rings. The van der Waals surface area contributed by atoms with E-state index in [1.165, 1.54) is 11.9 Å². The Labute approximate surface area is 192 Å². The molecule has 7 nitrogen and oxygen atoms in total. The average molecular weight is 454 g/mol. The predicted octanol–water partition coefficient (Wildman–Crippen LogP) is 3.08. The second-order valence-electron chi connectivity index (χ2n) is 7.47. The number of nitrogens with one attached hydrogen (secondary N) is 2.